The van der Waals surface area contributed by atoms with E-state index in [4.69, 9.17) is 5.11 Å². The molecule has 2 rings (SSSR count). The van der Waals surface area contributed by atoms with Gasteiger partial charge in [0, 0.05) is 18.0 Å². The number of nitrogens with zero attached hydrogens (tertiary/aromatic N) is 2. The average molecular weight is 307 g/mol. The molecule has 0 aliphatic rings. The number of aliphatic carboxylic acids is 1. The molecule has 110 valence electrons. The highest BCUT2D eigenvalue weighted by Crippen LogP contribution is 2.18. The van der Waals surface area contributed by atoms with E-state index < -0.39 is 11.9 Å². The molecule has 0 saturated carbocycles. The number of aromatic nitrogens is 2. The second-order valence-electron chi connectivity index (χ2n) is 4.28. The van der Waals surface area contributed by atoms with Crippen molar-refractivity contribution in [1.82, 2.24) is 9.97 Å². The molecule has 8 heteroatoms. The van der Waals surface area contributed by atoms with Gasteiger partial charge < -0.3 is 10.2 Å². The van der Waals surface area contributed by atoms with Crippen molar-refractivity contribution >= 4 is 28.3 Å². The molecule has 0 saturated heterocycles. The second kappa shape index (κ2) is 6.80. The Bertz CT molecular complexity index is 656. The van der Waals surface area contributed by atoms with Gasteiger partial charge in [0.05, 0.1) is 17.5 Å². The summed E-state index contributed by atoms with van der Waals surface area (Å²) < 4.78 is 0. The highest BCUT2D eigenvalue weighted by molar-refractivity contribution is 7.13. The Morgan fingerprint density at radius 3 is 2.86 bits per heavy atom. The summed E-state index contributed by atoms with van der Waals surface area (Å²) in [5.41, 5.74) is 0.975. The molecule has 0 unspecified atom stereocenters. The van der Waals surface area contributed by atoms with Gasteiger partial charge in [0.25, 0.3) is 5.91 Å². The van der Waals surface area contributed by atoms with E-state index in [0.717, 1.165) is 5.69 Å². The van der Waals surface area contributed by atoms with E-state index in [1.54, 1.807) is 5.38 Å². The highest BCUT2D eigenvalue weighted by Gasteiger charge is 2.10. The van der Waals surface area contributed by atoms with Gasteiger partial charge in [-0.3, -0.25) is 19.9 Å². The number of carbonyl (C=O) groups excluding carboxylic acids is 1. The van der Waals surface area contributed by atoms with Crippen molar-refractivity contribution in [2.45, 2.75) is 19.3 Å². The Labute approximate surface area is 124 Å². The van der Waals surface area contributed by atoms with Crippen LogP contribution in [0.3, 0.4) is 0 Å². The van der Waals surface area contributed by atoms with E-state index in [9.17, 15) is 14.7 Å². The van der Waals surface area contributed by atoms with E-state index in [1.165, 1.54) is 29.8 Å². The zero-order valence-electron chi connectivity index (χ0n) is 10.9. The number of carboxylic acid groups (broad SMARTS) is 1. The zero-order valence-corrected chi connectivity index (χ0v) is 11.8. The van der Waals surface area contributed by atoms with Gasteiger partial charge in [-0.2, -0.15) is 0 Å². The lowest BCUT2D eigenvalue weighted by Gasteiger charge is -2.01. The van der Waals surface area contributed by atoms with E-state index in [2.05, 4.69) is 15.3 Å². The molecule has 0 bridgehead atoms. The van der Waals surface area contributed by atoms with Crippen molar-refractivity contribution < 1.29 is 19.8 Å². The summed E-state index contributed by atoms with van der Waals surface area (Å²) in [4.78, 5) is 30.3. The van der Waals surface area contributed by atoms with Gasteiger partial charge >= 0.3 is 5.97 Å². The van der Waals surface area contributed by atoms with E-state index in [1.807, 2.05) is 0 Å². The molecule has 0 aliphatic heterocycles. The van der Waals surface area contributed by atoms with Crippen LogP contribution < -0.4 is 5.32 Å². The molecule has 1 amide bonds. The standard InChI is InChI=1S/C13H13N3O4S/c17-10-4-8(5-14-6-10)12(20)16-13-15-9(7-21-13)2-1-3-11(18)19/h4-7,17H,1-3H2,(H,18,19)(H,15,16,20). The molecule has 3 N–H and O–H groups in total. The molecule has 0 fully saturated rings. The number of hydrogen-bond donors (Lipinski definition) is 3. The highest BCUT2D eigenvalue weighted by atomic mass is 32.1. The van der Waals surface area contributed by atoms with Gasteiger partial charge in [0.15, 0.2) is 5.13 Å². The minimum absolute atomic E-state index is 0.0869. The predicted octanol–water partition coefficient (Wildman–Crippen LogP) is 1.90. The molecule has 2 heterocycles. The first-order valence-corrected chi connectivity index (χ1v) is 7.04. The predicted molar refractivity (Wildman–Crippen MR) is 76.5 cm³/mol. The maximum Gasteiger partial charge on any atom is 0.303 e. The molecule has 0 atom stereocenters. The van der Waals surface area contributed by atoms with Crippen molar-refractivity contribution in [3.05, 3.63) is 35.1 Å². The van der Waals surface area contributed by atoms with Gasteiger partial charge in [0.1, 0.15) is 5.75 Å². The van der Waals surface area contributed by atoms with Gasteiger partial charge in [0.2, 0.25) is 0 Å². The number of aromatic hydroxyl groups is 1. The van der Waals surface area contributed by atoms with Crippen LogP contribution in [0.15, 0.2) is 23.8 Å². The number of carbonyl (C=O) groups is 2. The third-order valence-electron chi connectivity index (χ3n) is 2.58. The number of hydrogen-bond acceptors (Lipinski definition) is 6. The summed E-state index contributed by atoms with van der Waals surface area (Å²) in [7, 11) is 0. The van der Waals surface area contributed by atoms with Gasteiger partial charge in [-0.1, -0.05) is 0 Å². The smallest absolute Gasteiger partial charge is 0.303 e. The van der Waals surface area contributed by atoms with Crippen LogP contribution in [-0.2, 0) is 11.2 Å². The molecule has 0 spiro atoms. The number of thiazole rings is 1. The molecule has 2 aromatic heterocycles. The first-order valence-electron chi connectivity index (χ1n) is 6.16. The summed E-state index contributed by atoms with van der Waals surface area (Å²) in [6.45, 7) is 0. The van der Waals surface area contributed by atoms with E-state index in [-0.39, 0.29) is 17.7 Å². The number of anilines is 1. The second-order valence-corrected chi connectivity index (χ2v) is 5.14. The Morgan fingerprint density at radius 1 is 1.33 bits per heavy atom. The lowest BCUT2D eigenvalue weighted by Crippen LogP contribution is -2.11. The summed E-state index contributed by atoms with van der Waals surface area (Å²) in [6.07, 6.45) is 3.72. The summed E-state index contributed by atoms with van der Waals surface area (Å²) in [5.74, 6) is -1.34. The zero-order chi connectivity index (χ0) is 15.2. The van der Waals surface area contributed by atoms with Crippen LogP contribution in [0.5, 0.6) is 5.75 Å². The first-order chi connectivity index (χ1) is 10.0. The van der Waals surface area contributed by atoms with Gasteiger partial charge in [-0.25, -0.2) is 4.98 Å². The number of aryl methyl sites for hydroxylation is 1. The number of pyridine rings is 1. The normalized spacial score (nSPS) is 10.3. The fourth-order valence-corrected chi connectivity index (χ4v) is 2.36. The van der Waals surface area contributed by atoms with Crippen LogP contribution >= 0.6 is 11.3 Å². The average Bonchev–Trinajstić information content (AvgIpc) is 2.86. The summed E-state index contributed by atoms with van der Waals surface area (Å²) >= 11 is 1.26. The molecular formula is C13H13N3O4S. The van der Waals surface area contributed by atoms with Crippen molar-refractivity contribution in [1.29, 1.82) is 0 Å². The molecular weight excluding hydrogens is 294 g/mol. The van der Waals surface area contributed by atoms with Crippen molar-refractivity contribution in [3.8, 4) is 5.75 Å². The molecule has 0 aromatic carbocycles. The Morgan fingerprint density at radius 2 is 2.14 bits per heavy atom. The lowest BCUT2D eigenvalue weighted by atomic mass is 10.2. The van der Waals surface area contributed by atoms with Gasteiger partial charge in [-0.05, 0) is 18.9 Å². The molecule has 0 radical (unpaired) electrons. The molecule has 21 heavy (non-hydrogen) atoms. The monoisotopic (exact) mass is 307 g/mol. The molecule has 2 aromatic rings. The minimum Gasteiger partial charge on any atom is -0.506 e. The number of carboxylic acids is 1. The Balaban J connectivity index is 1.93. The van der Waals surface area contributed by atoms with Crippen LogP contribution in [0.25, 0.3) is 0 Å². The fraction of sp³-hybridized carbons (Fsp3) is 0.231. The van der Waals surface area contributed by atoms with Gasteiger partial charge in [-0.15, -0.1) is 11.3 Å². The molecule has 7 nitrogen and oxygen atoms in total. The lowest BCUT2D eigenvalue weighted by molar-refractivity contribution is -0.137. The number of amides is 1. The van der Waals surface area contributed by atoms with Crippen LogP contribution in [0, 0.1) is 0 Å². The van der Waals surface area contributed by atoms with Crippen molar-refractivity contribution in [3.63, 3.8) is 0 Å². The third kappa shape index (κ3) is 4.53. The quantitative estimate of drug-likeness (QED) is 0.751. The van der Waals surface area contributed by atoms with E-state index in [0.29, 0.717) is 18.0 Å². The fourth-order valence-electron chi connectivity index (χ4n) is 1.62. The Hall–Kier alpha value is -2.48. The Kier molecular flexibility index (Phi) is 4.83. The topological polar surface area (TPSA) is 112 Å². The molecule has 0 aliphatic carbocycles. The maximum absolute atomic E-state index is 11.9. The van der Waals surface area contributed by atoms with Crippen LogP contribution in [-0.4, -0.2) is 32.1 Å². The maximum atomic E-state index is 11.9. The first kappa shape index (κ1) is 14.9. The minimum atomic E-state index is -0.838. The SMILES string of the molecule is O=C(O)CCCc1csc(NC(=O)c2cncc(O)c2)n1. The van der Waals surface area contributed by atoms with Crippen LogP contribution in [0.4, 0.5) is 5.13 Å². The summed E-state index contributed by atoms with van der Waals surface area (Å²) in [6, 6.07) is 1.31. The van der Waals surface area contributed by atoms with Crippen molar-refractivity contribution in [2.75, 3.05) is 5.32 Å². The van der Waals surface area contributed by atoms with Crippen LogP contribution in [0.2, 0.25) is 0 Å². The van der Waals surface area contributed by atoms with E-state index >= 15 is 0 Å². The van der Waals surface area contributed by atoms with Crippen LogP contribution in [0.1, 0.15) is 28.9 Å². The van der Waals surface area contributed by atoms with Crippen molar-refractivity contribution in [2.24, 2.45) is 0 Å². The largest absolute Gasteiger partial charge is 0.506 e. The third-order valence-corrected chi connectivity index (χ3v) is 3.39. The number of rotatable bonds is 6. The summed E-state index contributed by atoms with van der Waals surface area (Å²) in [5, 5.41) is 22.6. The number of nitrogens with one attached hydrogen (secondary N) is 1.